The van der Waals surface area contributed by atoms with Gasteiger partial charge in [0.15, 0.2) is 0 Å². The van der Waals surface area contributed by atoms with Gasteiger partial charge in [-0.05, 0) is 39.6 Å². The Kier molecular flexibility index (Phi) is 4.85. The standard InChI is InChI=1S/C12H22N2O/c1-5-11(12-7-6-8-15-12)13-9-10(2)14(3)4/h6-8,10-11,13H,5,9H2,1-4H3. The minimum atomic E-state index is 0.336. The SMILES string of the molecule is CCC(NCC(C)N(C)C)c1ccco1. The van der Waals surface area contributed by atoms with Crippen molar-refractivity contribution in [1.82, 2.24) is 10.2 Å². The molecule has 1 aromatic rings. The molecule has 1 aromatic heterocycles. The van der Waals surface area contributed by atoms with Gasteiger partial charge >= 0.3 is 0 Å². The van der Waals surface area contributed by atoms with Crippen molar-refractivity contribution >= 4 is 0 Å². The van der Waals surface area contributed by atoms with Crippen LogP contribution in [0.15, 0.2) is 22.8 Å². The maximum Gasteiger partial charge on any atom is 0.120 e. The van der Waals surface area contributed by atoms with Gasteiger partial charge in [-0.1, -0.05) is 6.92 Å². The molecule has 0 bridgehead atoms. The van der Waals surface area contributed by atoms with Gasteiger partial charge in [0.05, 0.1) is 12.3 Å². The Hall–Kier alpha value is -0.800. The second-order valence-corrected chi connectivity index (χ2v) is 4.20. The number of nitrogens with zero attached hydrogens (tertiary/aromatic N) is 1. The maximum atomic E-state index is 5.40. The van der Waals surface area contributed by atoms with Crippen LogP contribution >= 0.6 is 0 Å². The highest BCUT2D eigenvalue weighted by molar-refractivity contribution is 5.04. The quantitative estimate of drug-likeness (QED) is 0.780. The minimum Gasteiger partial charge on any atom is -0.468 e. The van der Waals surface area contributed by atoms with Crippen LogP contribution in [0.5, 0.6) is 0 Å². The lowest BCUT2D eigenvalue weighted by Crippen LogP contribution is -2.36. The van der Waals surface area contributed by atoms with E-state index >= 15 is 0 Å². The average Bonchev–Trinajstić information content (AvgIpc) is 2.71. The third-order valence-electron chi connectivity index (χ3n) is 2.84. The summed E-state index contributed by atoms with van der Waals surface area (Å²) in [6.45, 7) is 5.36. The van der Waals surface area contributed by atoms with Gasteiger partial charge in [-0.2, -0.15) is 0 Å². The first-order valence-electron chi connectivity index (χ1n) is 5.58. The molecule has 0 amide bonds. The van der Waals surface area contributed by atoms with Gasteiger partial charge < -0.3 is 14.6 Å². The van der Waals surface area contributed by atoms with Crippen LogP contribution in [0.4, 0.5) is 0 Å². The second kappa shape index (κ2) is 5.93. The largest absolute Gasteiger partial charge is 0.468 e. The summed E-state index contributed by atoms with van der Waals surface area (Å²) >= 11 is 0. The summed E-state index contributed by atoms with van der Waals surface area (Å²) in [4.78, 5) is 2.21. The van der Waals surface area contributed by atoms with E-state index in [0.29, 0.717) is 12.1 Å². The number of furan rings is 1. The summed E-state index contributed by atoms with van der Waals surface area (Å²) < 4.78 is 5.40. The number of nitrogens with one attached hydrogen (secondary N) is 1. The summed E-state index contributed by atoms with van der Waals surface area (Å²) in [7, 11) is 4.19. The van der Waals surface area contributed by atoms with Crippen molar-refractivity contribution in [2.75, 3.05) is 20.6 Å². The van der Waals surface area contributed by atoms with Crippen molar-refractivity contribution in [1.29, 1.82) is 0 Å². The Morgan fingerprint density at radius 1 is 1.47 bits per heavy atom. The van der Waals surface area contributed by atoms with E-state index in [1.807, 2.05) is 12.1 Å². The van der Waals surface area contributed by atoms with Gasteiger partial charge in [0.25, 0.3) is 0 Å². The lowest BCUT2D eigenvalue weighted by molar-refractivity contribution is 0.284. The van der Waals surface area contributed by atoms with Crippen molar-refractivity contribution in [3.8, 4) is 0 Å². The molecule has 15 heavy (non-hydrogen) atoms. The fraction of sp³-hybridized carbons (Fsp3) is 0.667. The molecule has 0 fully saturated rings. The van der Waals surface area contributed by atoms with Crippen molar-refractivity contribution < 1.29 is 4.42 Å². The van der Waals surface area contributed by atoms with Gasteiger partial charge in [0, 0.05) is 12.6 Å². The molecule has 0 aliphatic heterocycles. The number of hydrogen-bond donors (Lipinski definition) is 1. The highest BCUT2D eigenvalue weighted by Gasteiger charge is 2.13. The minimum absolute atomic E-state index is 0.336. The third-order valence-corrected chi connectivity index (χ3v) is 2.84. The maximum absolute atomic E-state index is 5.40. The molecule has 0 spiro atoms. The topological polar surface area (TPSA) is 28.4 Å². The van der Waals surface area contributed by atoms with Crippen LogP contribution in [-0.4, -0.2) is 31.6 Å². The van der Waals surface area contributed by atoms with E-state index in [1.54, 1.807) is 6.26 Å². The molecule has 0 aliphatic carbocycles. The molecule has 0 saturated carbocycles. The average molecular weight is 210 g/mol. The van der Waals surface area contributed by atoms with Crippen LogP contribution in [-0.2, 0) is 0 Å². The summed E-state index contributed by atoms with van der Waals surface area (Å²) in [6.07, 6.45) is 2.78. The molecule has 1 N–H and O–H groups in total. The van der Waals surface area contributed by atoms with Crippen LogP contribution in [0.25, 0.3) is 0 Å². The smallest absolute Gasteiger partial charge is 0.120 e. The molecule has 2 unspecified atom stereocenters. The molecule has 3 heteroatoms. The summed E-state index contributed by atoms with van der Waals surface area (Å²) in [5.41, 5.74) is 0. The summed E-state index contributed by atoms with van der Waals surface area (Å²) in [6, 6.07) is 4.84. The van der Waals surface area contributed by atoms with Crippen LogP contribution < -0.4 is 5.32 Å². The molecule has 3 nitrogen and oxygen atoms in total. The van der Waals surface area contributed by atoms with Crippen LogP contribution in [0, 0.1) is 0 Å². The first-order chi connectivity index (χ1) is 7.15. The third kappa shape index (κ3) is 3.68. The summed E-state index contributed by atoms with van der Waals surface area (Å²) in [5, 5.41) is 3.52. The Bertz CT molecular complexity index is 257. The van der Waals surface area contributed by atoms with Gasteiger partial charge in [-0.25, -0.2) is 0 Å². The molecule has 0 saturated heterocycles. The fourth-order valence-electron chi connectivity index (χ4n) is 1.43. The first-order valence-corrected chi connectivity index (χ1v) is 5.58. The Morgan fingerprint density at radius 2 is 2.20 bits per heavy atom. The predicted molar refractivity (Wildman–Crippen MR) is 62.9 cm³/mol. The normalized spacial score (nSPS) is 15.5. The monoisotopic (exact) mass is 210 g/mol. The van der Waals surface area contributed by atoms with E-state index in [0.717, 1.165) is 18.7 Å². The van der Waals surface area contributed by atoms with Gasteiger partial charge in [-0.15, -0.1) is 0 Å². The van der Waals surface area contributed by atoms with Crippen molar-refractivity contribution in [2.24, 2.45) is 0 Å². The molecule has 1 rings (SSSR count). The van der Waals surface area contributed by atoms with Crippen molar-refractivity contribution in [3.63, 3.8) is 0 Å². The Labute approximate surface area is 92.5 Å². The van der Waals surface area contributed by atoms with E-state index in [-0.39, 0.29) is 0 Å². The highest BCUT2D eigenvalue weighted by Crippen LogP contribution is 2.16. The lowest BCUT2D eigenvalue weighted by atomic mass is 10.1. The van der Waals surface area contributed by atoms with Gasteiger partial charge in [0.1, 0.15) is 5.76 Å². The Morgan fingerprint density at radius 3 is 2.67 bits per heavy atom. The molecular weight excluding hydrogens is 188 g/mol. The molecule has 1 heterocycles. The van der Waals surface area contributed by atoms with Crippen molar-refractivity contribution in [3.05, 3.63) is 24.2 Å². The first kappa shape index (κ1) is 12.3. The molecular formula is C12H22N2O. The second-order valence-electron chi connectivity index (χ2n) is 4.20. The van der Waals surface area contributed by atoms with E-state index in [1.165, 1.54) is 0 Å². The fourth-order valence-corrected chi connectivity index (χ4v) is 1.43. The van der Waals surface area contributed by atoms with Gasteiger partial charge in [-0.3, -0.25) is 0 Å². The number of hydrogen-bond acceptors (Lipinski definition) is 3. The zero-order valence-corrected chi connectivity index (χ0v) is 10.2. The molecule has 0 aromatic carbocycles. The highest BCUT2D eigenvalue weighted by atomic mass is 16.3. The van der Waals surface area contributed by atoms with Gasteiger partial charge in [0.2, 0.25) is 0 Å². The van der Waals surface area contributed by atoms with E-state index in [4.69, 9.17) is 4.42 Å². The molecule has 0 aliphatic rings. The zero-order valence-electron chi connectivity index (χ0n) is 10.2. The molecule has 2 atom stereocenters. The zero-order chi connectivity index (χ0) is 11.3. The summed E-state index contributed by atoms with van der Waals surface area (Å²) in [5.74, 6) is 1.03. The van der Waals surface area contributed by atoms with Crippen molar-refractivity contribution in [2.45, 2.75) is 32.4 Å². The van der Waals surface area contributed by atoms with E-state index < -0.39 is 0 Å². The van der Waals surface area contributed by atoms with Crippen LogP contribution in [0.2, 0.25) is 0 Å². The van der Waals surface area contributed by atoms with E-state index in [2.05, 4.69) is 38.2 Å². The van der Waals surface area contributed by atoms with E-state index in [9.17, 15) is 0 Å². The molecule has 0 radical (unpaired) electrons. The lowest BCUT2D eigenvalue weighted by Gasteiger charge is -2.23. The number of rotatable bonds is 6. The van der Waals surface area contributed by atoms with Crippen LogP contribution in [0.3, 0.4) is 0 Å². The predicted octanol–water partition coefficient (Wildman–Crippen LogP) is 2.27. The number of likely N-dealkylation sites (N-methyl/N-ethyl adjacent to an activating group) is 1. The van der Waals surface area contributed by atoms with Crippen LogP contribution in [0.1, 0.15) is 32.1 Å². The Balaban J connectivity index is 2.42. The molecule has 86 valence electrons.